The maximum atomic E-state index is 2.47. The second-order valence-electron chi connectivity index (χ2n) is 13.4. The van der Waals surface area contributed by atoms with Crippen LogP contribution >= 0.6 is 11.3 Å². The summed E-state index contributed by atoms with van der Waals surface area (Å²) in [5, 5.41) is 13.3. The molecule has 0 unspecified atom stereocenters. The van der Waals surface area contributed by atoms with Crippen molar-refractivity contribution in [3.8, 4) is 22.3 Å². The van der Waals surface area contributed by atoms with Crippen molar-refractivity contribution in [3.05, 3.63) is 156 Å². The molecule has 0 spiro atoms. The molecule has 10 rings (SSSR count). The van der Waals surface area contributed by atoms with Crippen molar-refractivity contribution >= 4 is 75.5 Å². The van der Waals surface area contributed by atoms with E-state index in [0.29, 0.717) is 0 Å². The second-order valence-corrected chi connectivity index (χ2v) is 14.4. The van der Waals surface area contributed by atoms with Gasteiger partial charge in [-0.3, -0.25) is 0 Å². The molecule has 2 aliphatic carbocycles. The number of allylic oxidation sites excluding steroid dienone is 4. The third-order valence-electron chi connectivity index (χ3n) is 10.2. The van der Waals surface area contributed by atoms with Gasteiger partial charge in [0.15, 0.2) is 0 Å². The Balaban J connectivity index is 1.20. The van der Waals surface area contributed by atoms with Gasteiger partial charge in [0.2, 0.25) is 0 Å². The topological polar surface area (TPSA) is 0 Å². The molecule has 2 aliphatic rings. The van der Waals surface area contributed by atoms with Crippen molar-refractivity contribution < 1.29 is 0 Å². The summed E-state index contributed by atoms with van der Waals surface area (Å²) < 4.78 is 2.70. The summed E-state index contributed by atoms with van der Waals surface area (Å²) in [6, 6.07) is 45.5. The molecule has 46 heavy (non-hydrogen) atoms. The van der Waals surface area contributed by atoms with Crippen LogP contribution in [0.25, 0.3) is 86.4 Å². The van der Waals surface area contributed by atoms with Crippen LogP contribution in [0.2, 0.25) is 0 Å². The summed E-state index contributed by atoms with van der Waals surface area (Å²) >= 11 is 1.89. The van der Waals surface area contributed by atoms with E-state index >= 15 is 0 Å². The lowest BCUT2D eigenvalue weighted by Gasteiger charge is -2.26. The number of fused-ring (bicyclic) bond motifs is 11. The molecule has 0 atom stereocenters. The molecule has 0 aliphatic heterocycles. The fraction of sp³-hybridized carbons (Fsp3) is 0.0667. The summed E-state index contributed by atoms with van der Waals surface area (Å²) in [6.07, 6.45) is 9.19. The van der Waals surface area contributed by atoms with Gasteiger partial charge in [-0.05, 0) is 113 Å². The molecule has 0 amide bonds. The molecular weight excluding hydrogens is 573 g/mol. The molecule has 0 nitrogen and oxygen atoms in total. The Morgan fingerprint density at radius 3 is 2.07 bits per heavy atom. The molecule has 1 aromatic heterocycles. The molecular formula is C45H30S. The van der Waals surface area contributed by atoms with Gasteiger partial charge >= 0.3 is 0 Å². The third-order valence-corrected chi connectivity index (χ3v) is 11.4. The zero-order valence-electron chi connectivity index (χ0n) is 25.8. The van der Waals surface area contributed by atoms with Crippen LogP contribution in [0, 0.1) is 5.41 Å². The zero-order chi connectivity index (χ0) is 30.6. The maximum Gasteiger partial charge on any atom is 0.0433 e. The highest BCUT2D eigenvalue weighted by molar-refractivity contribution is 7.26. The largest absolute Gasteiger partial charge is 0.135 e. The van der Waals surface area contributed by atoms with Crippen molar-refractivity contribution in [1.29, 1.82) is 0 Å². The summed E-state index contributed by atoms with van der Waals surface area (Å²) in [5.74, 6) is 0. The van der Waals surface area contributed by atoms with Crippen LogP contribution in [-0.4, -0.2) is 0 Å². The summed E-state index contributed by atoms with van der Waals surface area (Å²) in [6.45, 7) is 4.66. The smallest absolute Gasteiger partial charge is 0.0433 e. The molecule has 7 aromatic carbocycles. The monoisotopic (exact) mass is 602 g/mol. The zero-order valence-corrected chi connectivity index (χ0v) is 26.6. The Morgan fingerprint density at radius 1 is 0.522 bits per heavy atom. The first-order valence-electron chi connectivity index (χ1n) is 16.1. The first-order valence-corrected chi connectivity index (χ1v) is 16.9. The normalized spacial score (nSPS) is 15.1. The van der Waals surface area contributed by atoms with Crippen LogP contribution in [0.4, 0.5) is 0 Å². The van der Waals surface area contributed by atoms with Gasteiger partial charge in [-0.1, -0.05) is 123 Å². The molecule has 0 bridgehead atoms. The molecule has 0 radical (unpaired) electrons. The molecule has 0 N–H and O–H groups in total. The van der Waals surface area contributed by atoms with Crippen LogP contribution < -0.4 is 10.4 Å². The Bertz CT molecular complexity index is 2820. The van der Waals surface area contributed by atoms with E-state index in [-0.39, 0.29) is 5.41 Å². The molecule has 216 valence electrons. The minimum Gasteiger partial charge on any atom is -0.135 e. The highest BCUT2D eigenvalue weighted by Gasteiger charge is 2.28. The fourth-order valence-electron chi connectivity index (χ4n) is 8.09. The van der Waals surface area contributed by atoms with Crippen LogP contribution in [0.5, 0.6) is 0 Å². The number of rotatable bonds is 2. The standard InChI is InChI=1S/C45H30S/c1-45(2)21-9-12-30-23-31-25-40-34-14-4-3-13-33(34)39-24-28(19-20-35(39)41(40)26-38(31)43(30)45)27-10-7-11-29(22-27)32-16-8-17-37-36-15-5-6-18-42(36)46-44(32)37/h3-26H,1-2H3. The number of hydrogen-bond acceptors (Lipinski definition) is 1. The predicted molar refractivity (Wildman–Crippen MR) is 201 cm³/mol. The summed E-state index contributed by atoms with van der Waals surface area (Å²) in [5.41, 5.74) is 7.84. The van der Waals surface area contributed by atoms with Gasteiger partial charge in [0.1, 0.15) is 0 Å². The quantitative estimate of drug-likeness (QED) is 0.173. The van der Waals surface area contributed by atoms with Crippen molar-refractivity contribution in [2.75, 3.05) is 0 Å². The van der Waals surface area contributed by atoms with Gasteiger partial charge in [0.05, 0.1) is 0 Å². The average molecular weight is 603 g/mol. The Kier molecular flexibility index (Phi) is 5.31. The van der Waals surface area contributed by atoms with Gasteiger partial charge in [-0.15, -0.1) is 11.3 Å². The van der Waals surface area contributed by atoms with Crippen molar-refractivity contribution in [1.82, 2.24) is 0 Å². The van der Waals surface area contributed by atoms with Gasteiger partial charge in [0.25, 0.3) is 0 Å². The predicted octanol–water partition coefficient (Wildman–Crippen LogP) is 11.3. The van der Waals surface area contributed by atoms with E-state index in [2.05, 4.69) is 159 Å². The third kappa shape index (κ3) is 3.67. The molecule has 0 saturated heterocycles. The van der Waals surface area contributed by atoms with E-state index in [1.165, 1.54) is 96.3 Å². The molecule has 1 heterocycles. The van der Waals surface area contributed by atoms with Crippen molar-refractivity contribution in [2.45, 2.75) is 13.8 Å². The average Bonchev–Trinajstić information content (AvgIpc) is 3.66. The highest BCUT2D eigenvalue weighted by Crippen LogP contribution is 2.42. The van der Waals surface area contributed by atoms with E-state index in [0.717, 1.165) is 0 Å². The summed E-state index contributed by atoms with van der Waals surface area (Å²) in [4.78, 5) is 0. The van der Waals surface area contributed by atoms with Gasteiger partial charge in [0, 0.05) is 25.6 Å². The Morgan fingerprint density at radius 2 is 1.20 bits per heavy atom. The number of benzene rings is 7. The van der Waals surface area contributed by atoms with E-state index in [1.807, 2.05) is 11.3 Å². The van der Waals surface area contributed by atoms with Crippen molar-refractivity contribution in [3.63, 3.8) is 0 Å². The SMILES string of the molecule is CC1(C)C=CC=C2C=c3cc4c5ccccc5c5cc(-c6cccc(-c7cccc8c7sc7ccccc78)c6)ccc5c4cc3=C21. The van der Waals surface area contributed by atoms with E-state index < -0.39 is 0 Å². The van der Waals surface area contributed by atoms with Crippen LogP contribution in [0.3, 0.4) is 0 Å². The highest BCUT2D eigenvalue weighted by atomic mass is 32.1. The lowest BCUT2D eigenvalue weighted by atomic mass is 9.77. The first-order chi connectivity index (χ1) is 22.5. The van der Waals surface area contributed by atoms with Crippen LogP contribution in [0.15, 0.2) is 145 Å². The van der Waals surface area contributed by atoms with Gasteiger partial charge in [-0.2, -0.15) is 0 Å². The lowest BCUT2D eigenvalue weighted by Crippen LogP contribution is -2.27. The minimum atomic E-state index is 0.00448. The van der Waals surface area contributed by atoms with Gasteiger partial charge < -0.3 is 0 Å². The molecule has 1 heteroatoms. The van der Waals surface area contributed by atoms with E-state index in [1.54, 1.807) is 0 Å². The maximum absolute atomic E-state index is 2.47. The van der Waals surface area contributed by atoms with E-state index in [4.69, 9.17) is 0 Å². The lowest BCUT2D eigenvalue weighted by molar-refractivity contribution is 0.644. The number of thiophene rings is 1. The fourth-order valence-corrected chi connectivity index (χ4v) is 9.33. The Labute approximate surface area is 271 Å². The van der Waals surface area contributed by atoms with E-state index in [9.17, 15) is 0 Å². The number of hydrogen-bond donors (Lipinski definition) is 0. The molecule has 0 saturated carbocycles. The van der Waals surface area contributed by atoms with Gasteiger partial charge in [-0.25, -0.2) is 0 Å². The van der Waals surface area contributed by atoms with Crippen molar-refractivity contribution in [2.24, 2.45) is 5.41 Å². The minimum absolute atomic E-state index is 0.00448. The molecule has 0 fully saturated rings. The van der Waals surface area contributed by atoms with Crippen LogP contribution in [-0.2, 0) is 0 Å². The summed E-state index contributed by atoms with van der Waals surface area (Å²) in [7, 11) is 0. The Hall–Kier alpha value is -5.24. The second kappa shape index (κ2) is 9.39. The first kappa shape index (κ1) is 26.0. The van der Waals surface area contributed by atoms with Crippen LogP contribution in [0.1, 0.15) is 13.8 Å². The molecule has 8 aromatic rings.